The van der Waals surface area contributed by atoms with Gasteiger partial charge in [-0.3, -0.25) is 4.79 Å². The highest BCUT2D eigenvalue weighted by Crippen LogP contribution is 2.39. The SMILES string of the molecule is Cc1ccc(S(=O)(=O)N(C)CC(=O)N/N=C2/CC[C@@H]3CCCC[C@@H]3C2)cc1. The summed E-state index contributed by atoms with van der Waals surface area (Å²) in [7, 11) is -2.27. The largest absolute Gasteiger partial charge is 0.272 e. The Kier molecular flexibility index (Phi) is 6.32. The molecule has 2 atom stereocenters. The molecular formula is C20H29N3O3S. The third-order valence-corrected chi connectivity index (χ3v) is 7.62. The second kappa shape index (κ2) is 8.52. The van der Waals surface area contributed by atoms with Crippen molar-refractivity contribution >= 4 is 21.6 Å². The van der Waals surface area contributed by atoms with E-state index in [4.69, 9.17) is 0 Å². The van der Waals surface area contributed by atoms with Crippen molar-refractivity contribution in [3.63, 3.8) is 0 Å². The number of carbonyl (C=O) groups excluding carboxylic acids is 1. The Bertz CT molecular complexity index is 802. The maximum atomic E-state index is 12.6. The maximum absolute atomic E-state index is 12.6. The molecule has 2 aliphatic carbocycles. The number of hydrogen-bond donors (Lipinski definition) is 1. The second-order valence-electron chi connectivity index (χ2n) is 7.83. The molecule has 0 aliphatic heterocycles. The Morgan fingerprint density at radius 2 is 1.81 bits per heavy atom. The molecule has 148 valence electrons. The zero-order valence-corrected chi connectivity index (χ0v) is 17.0. The third-order valence-electron chi connectivity index (χ3n) is 5.80. The molecule has 2 saturated carbocycles. The second-order valence-corrected chi connectivity index (χ2v) is 9.88. The lowest BCUT2D eigenvalue weighted by Gasteiger charge is -2.35. The summed E-state index contributed by atoms with van der Waals surface area (Å²) in [5.41, 5.74) is 4.58. The van der Waals surface area contributed by atoms with Crippen LogP contribution in [-0.4, -0.2) is 37.9 Å². The Hall–Kier alpha value is -1.73. The molecule has 27 heavy (non-hydrogen) atoms. The third kappa shape index (κ3) is 4.96. The van der Waals surface area contributed by atoms with Gasteiger partial charge < -0.3 is 0 Å². The number of hydrogen-bond acceptors (Lipinski definition) is 4. The topological polar surface area (TPSA) is 78.8 Å². The number of likely N-dealkylation sites (N-methyl/N-ethyl adjacent to an activating group) is 1. The molecule has 2 fully saturated rings. The highest BCUT2D eigenvalue weighted by Gasteiger charge is 2.30. The van der Waals surface area contributed by atoms with Gasteiger partial charge in [0.25, 0.3) is 5.91 Å². The van der Waals surface area contributed by atoms with Crippen LogP contribution in [0.4, 0.5) is 0 Å². The van der Waals surface area contributed by atoms with E-state index < -0.39 is 15.9 Å². The molecule has 1 aromatic carbocycles. The zero-order valence-electron chi connectivity index (χ0n) is 16.1. The van der Waals surface area contributed by atoms with Crippen LogP contribution in [0.2, 0.25) is 0 Å². The van der Waals surface area contributed by atoms with Gasteiger partial charge in [-0.25, -0.2) is 13.8 Å². The Morgan fingerprint density at radius 3 is 2.52 bits per heavy atom. The quantitative estimate of drug-likeness (QED) is 0.784. The average Bonchev–Trinajstić information content (AvgIpc) is 2.66. The van der Waals surface area contributed by atoms with Gasteiger partial charge in [0, 0.05) is 12.8 Å². The first-order valence-electron chi connectivity index (χ1n) is 9.73. The highest BCUT2D eigenvalue weighted by atomic mass is 32.2. The van der Waals surface area contributed by atoms with Crippen LogP contribution in [0.1, 0.15) is 50.5 Å². The van der Waals surface area contributed by atoms with Crippen LogP contribution >= 0.6 is 0 Å². The molecule has 0 spiro atoms. The molecule has 0 radical (unpaired) electrons. The van der Waals surface area contributed by atoms with Crippen molar-refractivity contribution in [3.05, 3.63) is 29.8 Å². The number of rotatable bonds is 5. The van der Waals surface area contributed by atoms with Gasteiger partial charge >= 0.3 is 0 Å². The van der Waals surface area contributed by atoms with E-state index in [1.807, 2.05) is 6.92 Å². The predicted octanol–water partition coefficient (Wildman–Crippen LogP) is 3.08. The summed E-state index contributed by atoms with van der Waals surface area (Å²) in [6, 6.07) is 6.60. The number of sulfonamides is 1. The smallest absolute Gasteiger partial charge is 0.255 e. The zero-order chi connectivity index (χ0) is 19.4. The first-order chi connectivity index (χ1) is 12.9. The van der Waals surface area contributed by atoms with Crippen LogP contribution in [0.25, 0.3) is 0 Å². The van der Waals surface area contributed by atoms with Crippen molar-refractivity contribution in [2.75, 3.05) is 13.6 Å². The molecule has 0 aromatic heterocycles. The summed E-state index contributed by atoms with van der Waals surface area (Å²) in [6.45, 7) is 1.65. The number of hydrazone groups is 1. The lowest BCUT2D eigenvalue weighted by Crippen LogP contribution is -2.37. The molecule has 1 N–H and O–H groups in total. The van der Waals surface area contributed by atoms with Gasteiger partial charge in [0.1, 0.15) is 0 Å². The Balaban J connectivity index is 1.54. The van der Waals surface area contributed by atoms with Gasteiger partial charge in [0.05, 0.1) is 11.4 Å². The number of aryl methyl sites for hydroxylation is 1. The normalized spacial score (nSPS) is 24.6. The molecule has 0 unspecified atom stereocenters. The van der Waals surface area contributed by atoms with Crippen LogP contribution in [0.15, 0.2) is 34.3 Å². The summed E-state index contributed by atoms with van der Waals surface area (Å²) in [5, 5.41) is 4.29. The summed E-state index contributed by atoms with van der Waals surface area (Å²) < 4.78 is 26.2. The minimum Gasteiger partial charge on any atom is -0.272 e. The average molecular weight is 392 g/mol. The number of carbonyl (C=O) groups is 1. The summed E-state index contributed by atoms with van der Waals surface area (Å²) in [6.07, 6.45) is 8.26. The van der Waals surface area contributed by atoms with Crippen molar-refractivity contribution in [1.82, 2.24) is 9.73 Å². The van der Waals surface area contributed by atoms with Crippen molar-refractivity contribution < 1.29 is 13.2 Å². The van der Waals surface area contributed by atoms with E-state index in [0.29, 0.717) is 5.92 Å². The van der Waals surface area contributed by atoms with E-state index >= 15 is 0 Å². The summed E-state index contributed by atoms with van der Waals surface area (Å²) >= 11 is 0. The Morgan fingerprint density at radius 1 is 1.15 bits per heavy atom. The Labute approximate surface area is 162 Å². The molecule has 2 aliphatic rings. The molecule has 0 saturated heterocycles. The van der Waals surface area contributed by atoms with Crippen LogP contribution in [0, 0.1) is 18.8 Å². The maximum Gasteiger partial charge on any atom is 0.255 e. The molecule has 0 bridgehead atoms. The van der Waals surface area contributed by atoms with Crippen LogP contribution in [0.3, 0.4) is 0 Å². The van der Waals surface area contributed by atoms with E-state index in [-0.39, 0.29) is 11.4 Å². The number of nitrogens with one attached hydrogen (secondary N) is 1. The molecule has 1 amide bonds. The van der Waals surface area contributed by atoms with Crippen molar-refractivity contribution in [2.45, 2.75) is 56.8 Å². The van der Waals surface area contributed by atoms with Gasteiger partial charge in [-0.1, -0.05) is 37.0 Å². The molecule has 3 rings (SSSR count). The first-order valence-corrected chi connectivity index (χ1v) is 11.2. The predicted molar refractivity (Wildman–Crippen MR) is 106 cm³/mol. The van der Waals surface area contributed by atoms with Crippen LogP contribution < -0.4 is 5.43 Å². The summed E-state index contributed by atoms with van der Waals surface area (Å²) in [4.78, 5) is 12.4. The van der Waals surface area contributed by atoms with Crippen molar-refractivity contribution in [2.24, 2.45) is 16.9 Å². The van der Waals surface area contributed by atoms with E-state index in [1.54, 1.807) is 24.3 Å². The van der Waals surface area contributed by atoms with E-state index in [1.165, 1.54) is 32.7 Å². The van der Waals surface area contributed by atoms with Gasteiger partial charge in [0.2, 0.25) is 10.0 Å². The van der Waals surface area contributed by atoms with Crippen molar-refractivity contribution in [1.29, 1.82) is 0 Å². The van der Waals surface area contributed by atoms with Gasteiger partial charge in [-0.05, 0) is 56.6 Å². The minimum atomic E-state index is -3.69. The molecule has 6 nitrogen and oxygen atoms in total. The van der Waals surface area contributed by atoms with Gasteiger partial charge in [0.15, 0.2) is 0 Å². The molecule has 0 heterocycles. The van der Waals surface area contributed by atoms with E-state index in [9.17, 15) is 13.2 Å². The minimum absolute atomic E-state index is 0.185. The van der Waals surface area contributed by atoms with Gasteiger partial charge in [-0.15, -0.1) is 0 Å². The lowest BCUT2D eigenvalue weighted by atomic mass is 9.70. The van der Waals surface area contributed by atoms with E-state index in [0.717, 1.165) is 40.8 Å². The fourth-order valence-corrected chi connectivity index (χ4v) is 5.27. The molecular weight excluding hydrogens is 362 g/mol. The monoisotopic (exact) mass is 391 g/mol. The van der Waals surface area contributed by atoms with Gasteiger partial charge in [-0.2, -0.15) is 9.41 Å². The van der Waals surface area contributed by atoms with E-state index in [2.05, 4.69) is 10.5 Å². The fraction of sp³-hybridized carbons (Fsp3) is 0.600. The number of nitrogens with zero attached hydrogens (tertiary/aromatic N) is 2. The van der Waals surface area contributed by atoms with Crippen LogP contribution in [0.5, 0.6) is 0 Å². The fourth-order valence-electron chi connectivity index (χ4n) is 4.15. The first kappa shape index (κ1) is 20.0. The number of benzene rings is 1. The van der Waals surface area contributed by atoms with Crippen molar-refractivity contribution in [3.8, 4) is 0 Å². The molecule has 1 aromatic rings. The summed E-state index contributed by atoms with van der Waals surface area (Å²) in [5.74, 6) is 1.11. The lowest BCUT2D eigenvalue weighted by molar-refractivity contribution is -0.121. The number of fused-ring (bicyclic) bond motifs is 1. The molecule has 7 heteroatoms. The highest BCUT2D eigenvalue weighted by molar-refractivity contribution is 7.89. The van der Waals surface area contributed by atoms with Crippen LogP contribution in [-0.2, 0) is 14.8 Å². The standard InChI is InChI=1S/C20H29N3O3S/c1-15-7-11-19(12-8-15)27(25,26)23(2)14-20(24)22-21-18-10-9-16-5-3-4-6-17(16)13-18/h7-8,11-12,16-17H,3-6,9-10,13-14H2,1-2H3,(H,22,24)/b21-18-/t16-,17+/m0/s1. The number of amides is 1.